The summed E-state index contributed by atoms with van der Waals surface area (Å²) in [6.07, 6.45) is -0.384. The van der Waals surface area contributed by atoms with E-state index in [0.717, 1.165) is 0 Å². The van der Waals surface area contributed by atoms with Crippen molar-refractivity contribution in [1.82, 2.24) is 10.3 Å². The molecule has 0 radical (unpaired) electrons. The van der Waals surface area contributed by atoms with Gasteiger partial charge in [0, 0.05) is 17.1 Å². The Morgan fingerprint density at radius 3 is 2.79 bits per heavy atom. The highest BCUT2D eigenvalue weighted by molar-refractivity contribution is 5.93. The highest BCUT2D eigenvalue weighted by Crippen LogP contribution is 2.21. The average molecular weight is 334 g/mol. The molecule has 2 unspecified atom stereocenters. The molecule has 7 heteroatoms. The van der Waals surface area contributed by atoms with E-state index in [4.69, 9.17) is 4.74 Å². The lowest BCUT2D eigenvalue weighted by Crippen LogP contribution is -2.23. The molecule has 1 aromatic carbocycles. The SMILES string of the molecule is CCOC(=O)c1c[nH]c2ccc(C(O)C(O)CCNC)cc2c1=O. The number of carbonyl (C=O) groups excluding carboxylic acids is 1. The molecule has 2 rings (SSSR count). The molecule has 4 N–H and O–H groups in total. The minimum absolute atomic E-state index is 0.0910. The number of nitrogens with one attached hydrogen (secondary N) is 2. The highest BCUT2D eigenvalue weighted by Gasteiger charge is 2.20. The van der Waals surface area contributed by atoms with Gasteiger partial charge in [-0.3, -0.25) is 4.79 Å². The fourth-order valence-electron chi connectivity index (χ4n) is 2.45. The number of esters is 1. The number of pyridine rings is 1. The van der Waals surface area contributed by atoms with E-state index >= 15 is 0 Å². The van der Waals surface area contributed by atoms with Crippen molar-refractivity contribution < 1.29 is 19.7 Å². The minimum Gasteiger partial charge on any atom is -0.462 e. The predicted molar refractivity (Wildman–Crippen MR) is 90.0 cm³/mol. The fraction of sp³-hybridized carbons (Fsp3) is 0.412. The van der Waals surface area contributed by atoms with E-state index < -0.39 is 23.6 Å². The van der Waals surface area contributed by atoms with E-state index in [1.807, 2.05) is 0 Å². The number of benzene rings is 1. The van der Waals surface area contributed by atoms with Crippen LogP contribution in [0.25, 0.3) is 10.9 Å². The third-order valence-electron chi connectivity index (χ3n) is 3.80. The van der Waals surface area contributed by atoms with Crippen molar-refractivity contribution in [2.75, 3.05) is 20.2 Å². The van der Waals surface area contributed by atoms with Crippen LogP contribution < -0.4 is 10.7 Å². The average Bonchev–Trinajstić information content (AvgIpc) is 2.59. The van der Waals surface area contributed by atoms with Crippen molar-refractivity contribution in [3.05, 3.63) is 45.7 Å². The Morgan fingerprint density at radius 2 is 2.12 bits per heavy atom. The Labute approximate surface area is 139 Å². The number of hydrogen-bond donors (Lipinski definition) is 4. The number of hydrogen-bond acceptors (Lipinski definition) is 6. The monoisotopic (exact) mass is 334 g/mol. The summed E-state index contributed by atoms with van der Waals surface area (Å²) in [6, 6.07) is 4.76. The number of aliphatic hydroxyl groups is 2. The van der Waals surface area contributed by atoms with Gasteiger partial charge in [-0.25, -0.2) is 4.79 Å². The molecule has 1 heterocycles. The number of aliphatic hydroxyl groups excluding tert-OH is 2. The third kappa shape index (κ3) is 3.81. The van der Waals surface area contributed by atoms with Gasteiger partial charge in [0.25, 0.3) is 0 Å². The lowest BCUT2D eigenvalue weighted by atomic mass is 9.99. The van der Waals surface area contributed by atoms with Gasteiger partial charge >= 0.3 is 5.97 Å². The normalized spacial score (nSPS) is 13.7. The summed E-state index contributed by atoms with van der Waals surface area (Å²) >= 11 is 0. The highest BCUT2D eigenvalue weighted by atomic mass is 16.5. The molecule has 0 aliphatic rings. The standard InChI is InChI=1S/C17H22N2O5/c1-3-24-17(23)12-9-19-13-5-4-10(8-11(13)16(12)22)15(21)14(20)6-7-18-2/h4-5,8-9,14-15,18,20-21H,3,6-7H2,1-2H3,(H,19,22). The van der Waals surface area contributed by atoms with E-state index in [9.17, 15) is 19.8 Å². The molecule has 0 saturated heterocycles. The van der Waals surface area contributed by atoms with Crippen LogP contribution in [-0.2, 0) is 4.74 Å². The summed E-state index contributed by atoms with van der Waals surface area (Å²) in [5, 5.41) is 23.4. The molecule has 7 nitrogen and oxygen atoms in total. The van der Waals surface area contributed by atoms with Gasteiger partial charge in [-0.05, 0) is 44.6 Å². The molecule has 2 aromatic rings. The maximum atomic E-state index is 12.5. The van der Waals surface area contributed by atoms with Gasteiger partial charge in [-0.2, -0.15) is 0 Å². The largest absolute Gasteiger partial charge is 0.462 e. The maximum Gasteiger partial charge on any atom is 0.343 e. The maximum absolute atomic E-state index is 12.5. The van der Waals surface area contributed by atoms with Gasteiger partial charge in [0.05, 0.1) is 12.7 Å². The molecular weight excluding hydrogens is 312 g/mol. The molecule has 130 valence electrons. The van der Waals surface area contributed by atoms with Crippen LogP contribution in [0.2, 0.25) is 0 Å². The number of aromatic amines is 1. The third-order valence-corrected chi connectivity index (χ3v) is 3.80. The molecular formula is C17H22N2O5. The van der Waals surface area contributed by atoms with Crippen molar-refractivity contribution >= 4 is 16.9 Å². The molecule has 0 amide bonds. The summed E-state index contributed by atoms with van der Waals surface area (Å²) in [5.41, 5.74) is 0.388. The van der Waals surface area contributed by atoms with Crippen molar-refractivity contribution in [2.45, 2.75) is 25.6 Å². The molecule has 0 saturated carbocycles. The summed E-state index contributed by atoms with van der Waals surface area (Å²) in [4.78, 5) is 27.2. The predicted octanol–water partition coefficient (Wildman–Crippen LogP) is 0.709. The second-order valence-electron chi connectivity index (χ2n) is 5.46. The van der Waals surface area contributed by atoms with Crippen LogP contribution in [0.15, 0.2) is 29.2 Å². The van der Waals surface area contributed by atoms with Crippen LogP contribution in [0.1, 0.15) is 35.4 Å². The Kier molecular flexibility index (Phi) is 6.08. The number of carbonyl (C=O) groups is 1. The molecule has 0 spiro atoms. The fourth-order valence-corrected chi connectivity index (χ4v) is 2.45. The van der Waals surface area contributed by atoms with Crippen molar-refractivity contribution in [3.8, 4) is 0 Å². The molecule has 1 aromatic heterocycles. The second-order valence-corrected chi connectivity index (χ2v) is 5.46. The van der Waals surface area contributed by atoms with Crippen LogP contribution >= 0.6 is 0 Å². The number of aromatic nitrogens is 1. The van der Waals surface area contributed by atoms with Crippen LogP contribution in [-0.4, -0.2) is 47.5 Å². The zero-order valence-corrected chi connectivity index (χ0v) is 13.7. The van der Waals surface area contributed by atoms with Gasteiger partial charge in [-0.1, -0.05) is 6.07 Å². The number of fused-ring (bicyclic) bond motifs is 1. The Hall–Kier alpha value is -2.22. The van der Waals surface area contributed by atoms with Gasteiger partial charge in [0.2, 0.25) is 5.43 Å². The van der Waals surface area contributed by atoms with Gasteiger partial charge < -0.3 is 25.3 Å². The lowest BCUT2D eigenvalue weighted by Gasteiger charge is -2.18. The first-order valence-electron chi connectivity index (χ1n) is 7.82. The van der Waals surface area contributed by atoms with Crippen LogP contribution in [0, 0.1) is 0 Å². The molecule has 0 bridgehead atoms. The van der Waals surface area contributed by atoms with E-state index in [1.165, 1.54) is 12.3 Å². The number of H-pyrrole nitrogens is 1. The first-order valence-corrected chi connectivity index (χ1v) is 7.82. The molecule has 0 aliphatic heterocycles. The summed E-state index contributed by atoms with van der Waals surface area (Å²) < 4.78 is 4.86. The Morgan fingerprint density at radius 1 is 1.38 bits per heavy atom. The minimum atomic E-state index is -1.12. The van der Waals surface area contributed by atoms with Crippen molar-refractivity contribution in [3.63, 3.8) is 0 Å². The number of rotatable bonds is 7. The van der Waals surface area contributed by atoms with Crippen LogP contribution in [0.3, 0.4) is 0 Å². The lowest BCUT2D eigenvalue weighted by molar-refractivity contribution is 0.0141. The smallest absolute Gasteiger partial charge is 0.343 e. The topological polar surface area (TPSA) is 112 Å². The summed E-state index contributed by atoms with van der Waals surface area (Å²) in [5.74, 6) is -0.694. The van der Waals surface area contributed by atoms with Crippen molar-refractivity contribution in [2.24, 2.45) is 0 Å². The first-order chi connectivity index (χ1) is 11.5. The van der Waals surface area contributed by atoms with Gasteiger partial charge in [0.1, 0.15) is 11.7 Å². The van der Waals surface area contributed by atoms with Gasteiger partial charge in [-0.15, -0.1) is 0 Å². The molecule has 0 fully saturated rings. The molecule has 0 aliphatic carbocycles. The van der Waals surface area contributed by atoms with Crippen molar-refractivity contribution in [1.29, 1.82) is 0 Å². The van der Waals surface area contributed by atoms with Crippen LogP contribution in [0.4, 0.5) is 0 Å². The first kappa shape index (κ1) is 18.1. The van der Waals surface area contributed by atoms with Gasteiger partial charge in [0.15, 0.2) is 0 Å². The molecule has 24 heavy (non-hydrogen) atoms. The Bertz CT molecular complexity index is 771. The van der Waals surface area contributed by atoms with E-state index in [1.54, 1.807) is 26.1 Å². The van der Waals surface area contributed by atoms with E-state index in [-0.39, 0.29) is 17.6 Å². The van der Waals surface area contributed by atoms with Crippen LogP contribution in [0.5, 0.6) is 0 Å². The number of ether oxygens (including phenoxy) is 1. The van der Waals surface area contributed by atoms with E-state index in [2.05, 4.69) is 10.3 Å². The van der Waals surface area contributed by atoms with E-state index in [0.29, 0.717) is 24.0 Å². The molecule has 2 atom stereocenters. The summed E-state index contributed by atoms with van der Waals surface area (Å²) in [7, 11) is 1.76. The second kappa shape index (κ2) is 8.05. The summed E-state index contributed by atoms with van der Waals surface area (Å²) in [6.45, 7) is 2.39. The zero-order chi connectivity index (χ0) is 17.7. The quantitative estimate of drug-likeness (QED) is 0.555. The zero-order valence-electron chi connectivity index (χ0n) is 13.7. The Balaban J connectivity index is 2.40.